The van der Waals surface area contributed by atoms with Crippen molar-refractivity contribution in [3.63, 3.8) is 0 Å². The molecule has 3 aromatic rings. The maximum absolute atomic E-state index is 12.3. The van der Waals surface area contributed by atoms with Gasteiger partial charge in [0.25, 0.3) is 5.91 Å². The quantitative estimate of drug-likeness (QED) is 0.607. The number of carbonyl (C=O) groups is 1. The third kappa shape index (κ3) is 3.83. The molecule has 3 rings (SSSR count). The van der Waals surface area contributed by atoms with Crippen molar-refractivity contribution in [2.24, 2.45) is 0 Å². The van der Waals surface area contributed by atoms with Crippen molar-refractivity contribution >= 4 is 29.5 Å². The van der Waals surface area contributed by atoms with Crippen LogP contribution in [0.2, 0.25) is 0 Å². The summed E-state index contributed by atoms with van der Waals surface area (Å²) in [5.41, 5.74) is 1.27. The van der Waals surface area contributed by atoms with E-state index in [4.69, 9.17) is 17.0 Å². The lowest BCUT2D eigenvalue weighted by Crippen LogP contribution is -2.26. The highest BCUT2D eigenvalue weighted by atomic mass is 32.1. The smallest absolute Gasteiger partial charge is 0.270 e. The summed E-state index contributed by atoms with van der Waals surface area (Å²) >= 11 is 6.57. The Morgan fingerprint density at radius 2 is 2.23 bits per heavy atom. The van der Waals surface area contributed by atoms with Crippen molar-refractivity contribution in [3.05, 3.63) is 45.9 Å². The van der Waals surface area contributed by atoms with Gasteiger partial charge in [0.1, 0.15) is 22.3 Å². The van der Waals surface area contributed by atoms with Crippen LogP contribution in [0.25, 0.3) is 10.6 Å². The summed E-state index contributed by atoms with van der Waals surface area (Å²) in [4.78, 5) is 16.8. The van der Waals surface area contributed by atoms with Gasteiger partial charge in [-0.25, -0.2) is 4.98 Å². The molecule has 0 saturated carbocycles. The number of amides is 1. The number of nitrogens with zero attached hydrogens (tertiary/aromatic N) is 3. The van der Waals surface area contributed by atoms with E-state index in [1.165, 1.54) is 11.3 Å². The molecule has 0 radical (unpaired) electrons. The Bertz CT molecular complexity index is 960. The van der Waals surface area contributed by atoms with E-state index in [1.54, 1.807) is 12.5 Å². The van der Waals surface area contributed by atoms with Crippen LogP contribution in [0.4, 0.5) is 0 Å². The maximum atomic E-state index is 12.3. The zero-order chi connectivity index (χ0) is 18.5. The molecule has 2 N–H and O–H groups in total. The van der Waals surface area contributed by atoms with E-state index in [1.807, 2.05) is 35.8 Å². The lowest BCUT2D eigenvalue weighted by molar-refractivity contribution is 0.0949. The highest BCUT2D eigenvalue weighted by molar-refractivity contribution is 7.71. The minimum atomic E-state index is -0.209. The number of carbonyl (C=O) groups excluding carboxylic acids is 1. The van der Waals surface area contributed by atoms with Crippen LogP contribution >= 0.6 is 23.6 Å². The summed E-state index contributed by atoms with van der Waals surface area (Å²) in [5, 5.41) is 12.3. The zero-order valence-electron chi connectivity index (χ0n) is 14.5. The zero-order valence-corrected chi connectivity index (χ0v) is 16.1. The molecule has 0 atom stereocenters. The Hall–Kier alpha value is -2.52. The van der Waals surface area contributed by atoms with Crippen molar-refractivity contribution in [2.45, 2.75) is 19.9 Å². The summed E-state index contributed by atoms with van der Waals surface area (Å²) in [6, 6.07) is 7.61. The third-order valence-electron chi connectivity index (χ3n) is 3.86. The Kier molecular flexibility index (Phi) is 5.79. The van der Waals surface area contributed by atoms with Crippen LogP contribution in [0.15, 0.2) is 29.6 Å². The molecule has 26 heavy (non-hydrogen) atoms. The molecule has 0 bridgehead atoms. The Labute approximate surface area is 160 Å². The van der Waals surface area contributed by atoms with Crippen LogP contribution in [0.1, 0.15) is 23.2 Å². The second-order valence-electron chi connectivity index (χ2n) is 5.43. The molecule has 0 fully saturated rings. The molecular weight excluding hydrogens is 370 g/mol. The molecule has 7 nitrogen and oxygen atoms in total. The van der Waals surface area contributed by atoms with E-state index < -0.39 is 0 Å². The highest BCUT2D eigenvalue weighted by Gasteiger charge is 2.14. The van der Waals surface area contributed by atoms with Gasteiger partial charge >= 0.3 is 0 Å². The molecule has 2 heterocycles. The summed E-state index contributed by atoms with van der Waals surface area (Å²) in [5.74, 6) is 1.35. The summed E-state index contributed by atoms with van der Waals surface area (Å²) in [6.07, 6.45) is 0.593. The van der Waals surface area contributed by atoms with E-state index in [9.17, 15) is 4.79 Å². The average molecular weight is 390 g/mol. The second kappa shape index (κ2) is 8.24. The third-order valence-corrected chi connectivity index (χ3v) is 5.05. The van der Waals surface area contributed by atoms with E-state index in [-0.39, 0.29) is 5.91 Å². The number of aromatic amines is 1. The molecule has 9 heteroatoms. The number of methoxy groups -OCH3 is 1. The number of nitrogens with one attached hydrogen (secondary N) is 2. The predicted molar refractivity (Wildman–Crippen MR) is 103 cm³/mol. The molecule has 0 unspecified atom stereocenters. The monoisotopic (exact) mass is 389 g/mol. The lowest BCUT2D eigenvalue weighted by Gasteiger charge is -2.05. The van der Waals surface area contributed by atoms with E-state index >= 15 is 0 Å². The van der Waals surface area contributed by atoms with Gasteiger partial charge in [0.05, 0.1) is 12.7 Å². The minimum absolute atomic E-state index is 0.209. The molecule has 1 amide bonds. The van der Waals surface area contributed by atoms with Crippen molar-refractivity contribution < 1.29 is 9.53 Å². The number of hydrogen-bond donors (Lipinski definition) is 2. The fourth-order valence-electron chi connectivity index (χ4n) is 2.57. The normalized spacial score (nSPS) is 10.7. The van der Waals surface area contributed by atoms with Crippen molar-refractivity contribution in [3.8, 4) is 16.3 Å². The number of aromatic nitrogens is 4. The van der Waals surface area contributed by atoms with Gasteiger partial charge in [-0.2, -0.15) is 5.10 Å². The number of para-hydroxylation sites is 1. The average Bonchev–Trinajstić information content (AvgIpc) is 3.28. The van der Waals surface area contributed by atoms with E-state index in [0.717, 1.165) is 28.7 Å². The van der Waals surface area contributed by atoms with E-state index in [0.29, 0.717) is 23.4 Å². The first kappa shape index (κ1) is 18.3. The number of hydrogen-bond acceptors (Lipinski definition) is 6. The van der Waals surface area contributed by atoms with Gasteiger partial charge in [0.2, 0.25) is 0 Å². The van der Waals surface area contributed by atoms with Crippen molar-refractivity contribution in [2.75, 3.05) is 13.7 Å². The molecule has 0 spiro atoms. The van der Waals surface area contributed by atoms with Gasteiger partial charge in [0, 0.05) is 24.9 Å². The van der Waals surface area contributed by atoms with Crippen LogP contribution in [-0.4, -0.2) is 39.3 Å². The van der Waals surface area contributed by atoms with Crippen molar-refractivity contribution in [1.82, 2.24) is 25.1 Å². The Balaban J connectivity index is 1.64. The molecule has 136 valence electrons. The maximum Gasteiger partial charge on any atom is 0.270 e. The van der Waals surface area contributed by atoms with Gasteiger partial charge in [-0.3, -0.25) is 9.89 Å². The summed E-state index contributed by atoms with van der Waals surface area (Å²) in [7, 11) is 1.62. The number of thiazole rings is 1. The van der Waals surface area contributed by atoms with Crippen LogP contribution in [0.3, 0.4) is 0 Å². The van der Waals surface area contributed by atoms with Crippen LogP contribution in [-0.2, 0) is 13.0 Å². The molecule has 0 aliphatic rings. The van der Waals surface area contributed by atoms with Crippen LogP contribution in [0, 0.1) is 4.77 Å². The van der Waals surface area contributed by atoms with Gasteiger partial charge in [-0.05, 0) is 31.3 Å². The Morgan fingerprint density at radius 3 is 3.00 bits per heavy atom. The first-order valence-corrected chi connectivity index (χ1v) is 9.44. The number of benzene rings is 1. The van der Waals surface area contributed by atoms with Gasteiger partial charge in [0.15, 0.2) is 4.77 Å². The van der Waals surface area contributed by atoms with Gasteiger partial charge < -0.3 is 14.6 Å². The van der Waals surface area contributed by atoms with Crippen molar-refractivity contribution in [1.29, 1.82) is 0 Å². The first-order valence-electron chi connectivity index (χ1n) is 8.15. The lowest BCUT2D eigenvalue weighted by atomic mass is 10.2. The van der Waals surface area contributed by atoms with Crippen LogP contribution in [0.5, 0.6) is 5.75 Å². The fraction of sp³-hybridized carbons (Fsp3) is 0.294. The van der Waals surface area contributed by atoms with Gasteiger partial charge in [-0.15, -0.1) is 11.3 Å². The summed E-state index contributed by atoms with van der Waals surface area (Å²) < 4.78 is 7.85. The molecule has 2 aromatic heterocycles. The molecular formula is C17H19N5O2S2. The number of H-pyrrole nitrogens is 1. The Morgan fingerprint density at radius 1 is 1.42 bits per heavy atom. The van der Waals surface area contributed by atoms with E-state index in [2.05, 4.69) is 20.5 Å². The predicted octanol–water partition coefficient (Wildman–Crippen LogP) is 3.07. The topological polar surface area (TPSA) is 84.8 Å². The number of ether oxygens (including phenoxy) is 1. The first-order chi connectivity index (χ1) is 12.6. The molecule has 0 aliphatic heterocycles. The van der Waals surface area contributed by atoms with Crippen LogP contribution < -0.4 is 10.1 Å². The summed E-state index contributed by atoms with van der Waals surface area (Å²) in [6.45, 7) is 3.20. The molecule has 0 saturated heterocycles. The molecule has 0 aliphatic carbocycles. The second-order valence-corrected chi connectivity index (χ2v) is 6.68. The standard InChI is InChI=1S/C17H19N5O2S2/c1-3-22-14(20-21-17(22)25)8-9-18-15(23)12-10-26-16(19-12)11-6-4-5-7-13(11)24-2/h4-7,10H,3,8-9H2,1-2H3,(H,18,23)(H,21,25). The van der Waals surface area contributed by atoms with Gasteiger partial charge in [-0.1, -0.05) is 12.1 Å². The fourth-order valence-corrected chi connectivity index (χ4v) is 3.68. The largest absolute Gasteiger partial charge is 0.496 e. The molecule has 1 aromatic carbocycles. The SMILES string of the molecule is CCn1c(CCNC(=O)c2csc(-c3ccccc3OC)n2)n[nH]c1=S. The number of rotatable bonds is 7. The minimum Gasteiger partial charge on any atom is -0.496 e. The highest BCUT2D eigenvalue weighted by Crippen LogP contribution is 2.31.